The number of halogens is 1. The molecular formula is C10H13IN2O3S. The van der Waals surface area contributed by atoms with Crippen LogP contribution in [0.1, 0.15) is 23.5 Å². The van der Waals surface area contributed by atoms with Crippen molar-refractivity contribution < 1.29 is 9.72 Å². The summed E-state index contributed by atoms with van der Waals surface area (Å²) in [5, 5.41) is 13.4. The van der Waals surface area contributed by atoms with Crippen LogP contribution in [0.4, 0.5) is 5.00 Å². The van der Waals surface area contributed by atoms with Gasteiger partial charge in [-0.3, -0.25) is 14.9 Å². The van der Waals surface area contributed by atoms with E-state index in [2.05, 4.69) is 27.9 Å². The molecule has 7 heteroatoms. The molecule has 1 heterocycles. The lowest BCUT2D eigenvalue weighted by atomic mass is 10.1. The molecule has 0 bridgehead atoms. The molecule has 5 nitrogen and oxygen atoms in total. The number of nitrogens with one attached hydrogen (secondary N) is 1. The number of alkyl halides is 1. The molecule has 94 valence electrons. The molecule has 0 radical (unpaired) electrons. The minimum absolute atomic E-state index is 0.00859. The van der Waals surface area contributed by atoms with E-state index in [1.54, 1.807) is 0 Å². The predicted octanol–water partition coefficient (Wildman–Crippen LogP) is 2.85. The standard InChI is InChI=1S/C10H13IN2O3S/c1-6(2)7(5-11)12-10(14)8-3-4-9(17-8)13(15)16/h3-4,6-7H,5H2,1-2H3,(H,12,14). The first-order valence-corrected chi connectivity index (χ1v) is 7.41. The van der Waals surface area contributed by atoms with E-state index < -0.39 is 4.92 Å². The van der Waals surface area contributed by atoms with E-state index >= 15 is 0 Å². The Balaban J connectivity index is 2.72. The van der Waals surface area contributed by atoms with Gasteiger partial charge in [-0.2, -0.15) is 0 Å². The normalized spacial score (nSPS) is 12.5. The first kappa shape index (κ1) is 14.4. The highest BCUT2D eigenvalue weighted by atomic mass is 127. The van der Waals surface area contributed by atoms with Crippen LogP contribution in [-0.4, -0.2) is 21.3 Å². The van der Waals surface area contributed by atoms with Crippen molar-refractivity contribution in [2.24, 2.45) is 5.92 Å². The van der Waals surface area contributed by atoms with Crippen molar-refractivity contribution >= 4 is 44.8 Å². The summed E-state index contributed by atoms with van der Waals surface area (Å²) in [4.78, 5) is 22.2. The zero-order valence-corrected chi connectivity index (χ0v) is 12.4. The van der Waals surface area contributed by atoms with E-state index in [-0.39, 0.29) is 17.0 Å². The third-order valence-corrected chi connectivity index (χ3v) is 4.27. The summed E-state index contributed by atoms with van der Waals surface area (Å²) in [5.74, 6) is 0.101. The molecule has 0 aliphatic rings. The number of thiophene rings is 1. The van der Waals surface area contributed by atoms with Crippen molar-refractivity contribution in [3.8, 4) is 0 Å². The smallest absolute Gasteiger partial charge is 0.324 e. The Hall–Kier alpha value is -0.700. The fourth-order valence-electron chi connectivity index (χ4n) is 1.17. The van der Waals surface area contributed by atoms with Crippen molar-refractivity contribution in [1.29, 1.82) is 0 Å². The molecule has 1 atom stereocenters. The number of carbonyl (C=O) groups excluding carboxylic acids is 1. The Labute approximate surface area is 117 Å². The summed E-state index contributed by atoms with van der Waals surface area (Å²) in [7, 11) is 0. The van der Waals surface area contributed by atoms with Crippen molar-refractivity contribution in [3.63, 3.8) is 0 Å². The maximum atomic E-state index is 11.8. The molecule has 1 N–H and O–H groups in total. The van der Waals surface area contributed by atoms with E-state index in [0.717, 1.165) is 15.8 Å². The van der Waals surface area contributed by atoms with Crippen LogP contribution in [0.15, 0.2) is 12.1 Å². The van der Waals surface area contributed by atoms with Gasteiger partial charge in [0.25, 0.3) is 5.91 Å². The van der Waals surface area contributed by atoms with Crippen molar-refractivity contribution in [3.05, 3.63) is 27.1 Å². The Morgan fingerprint density at radius 2 is 2.24 bits per heavy atom. The molecular weight excluding hydrogens is 355 g/mol. The van der Waals surface area contributed by atoms with Crippen LogP contribution >= 0.6 is 33.9 Å². The van der Waals surface area contributed by atoms with Gasteiger partial charge in [-0.05, 0) is 12.0 Å². The number of amides is 1. The van der Waals surface area contributed by atoms with E-state index in [4.69, 9.17) is 0 Å². The zero-order chi connectivity index (χ0) is 13.0. The van der Waals surface area contributed by atoms with E-state index in [0.29, 0.717) is 10.8 Å². The zero-order valence-electron chi connectivity index (χ0n) is 9.47. The predicted molar refractivity (Wildman–Crippen MR) is 76.0 cm³/mol. The molecule has 1 aromatic rings. The second-order valence-electron chi connectivity index (χ2n) is 3.87. The highest BCUT2D eigenvalue weighted by Crippen LogP contribution is 2.24. The Morgan fingerprint density at radius 1 is 1.59 bits per heavy atom. The summed E-state index contributed by atoms with van der Waals surface area (Å²) in [6.07, 6.45) is 0. The van der Waals surface area contributed by atoms with E-state index in [1.807, 2.05) is 13.8 Å². The Bertz CT molecular complexity index is 419. The monoisotopic (exact) mass is 368 g/mol. The van der Waals surface area contributed by atoms with Gasteiger partial charge in [-0.15, -0.1) is 0 Å². The van der Waals surface area contributed by atoms with Gasteiger partial charge in [0.15, 0.2) is 0 Å². The van der Waals surface area contributed by atoms with Gasteiger partial charge in [-0.1, -0.05) is 47.8 Å². The molecule has 1 rings (SSSR count). The molecule has 17 heavy (non-hydrogen) atoms. The molecule has 0 aromatic carbocycles. The molecule has 0 aliphatic heterocycles. The first-order valence-electron chi connectivity index (χ1n) is 5.06. The summed E-state index contributed by atoms with van der Waals surface area (Å²) < 4.78 is 0.814. The molecule has 0 spiro atoms. The SMILES string of the molecule is CC(C)C(CI)NC(=O)c1ccc([N+](=O)[O-])s1. The highest BCUT2D eigenvalue weighted by Gasteiger charge is 2.19. The largest absolute Gasteiger partial charge is 0.348 e. The van der Waals surface area contributed by atoms with Gasteiger partial charge in [0.1, 0.15) is 0 Å². The van der Waals surface area contributed by atoms with Crippen LogP contribution in [0.2, 0.25) is 0 Å². The highest BCUT2D eigenvalue weighted by molar-refractivity contribution is 14.1. The molecule has 0 fully saturated rings. The van der Waals surface area contributed by atoms with Crippen molar-refractivity contribution in [1.82, 2.24) is 5.32 Å². The number of nitrogens with zero attached hydrogens (tertiary/aromatic N) is 1. The summed E-state index contributed by atoms with van der Waals surface area (Å²) in [5.41, 5.74) is 0. The summed E-state index contributed by atoms with van der Waals surface area (Å²) in [6, 6.07) is 2.93. The van der Waals surface area contributed by atoms with Gasteiger partial charge in [-0.25, -0.2) is 0 Å². The van der Waals surface area contributed by atoms with Crippen LogP contribution < -0.4 is 5.32 Å². The third kappa shape index (κ3) is 3.91. The molecule has 1 unspecified atom stereocenters. The van der Waals surface area contributed by atoms with Crippen LogP contribution in [0, 0.1) is 16.0 Å². The summed E-state index contributed by atoms with van der Waals surface area (Å²) in [6.45, 7) is 4.06. The van der Waals surface area contributed by atoms with Gasteiger partial charge in [0.2, 0.25) is 0 Å². The molecule has 0 saturated heterocycles. The van der Waals surface area contributed by atoms with Crippen LogP contribution in [-0.2, 0) is 0 Å². The number of nitro groups is 1. The lowest BCUT2D eigenvalue weighted by molar-refractivity contribution is -0.380. The minimum Gasteiger partial charge on any atom is -0.348 e. The van der Waals surface area contributed by atoms with Gasteiger partial charge < -0.3 is 5.32 Å². The third-order valence-electron chi connectivity index (χ3n) is 2.28. The Kier molecular flexibility index (Phi) is 5.31. The first-order chi connectivity index (χ1) is 7.95. The Morgan fingerprint density at radius 3 is 2.65 bits per heavy atom. The fraction of sp³-hybridized carbons (Fsp3) is 0.500. The molecule has 1 amide bonds. The average Bonchev–Trinajstić information content (AvgIpc) is 2.74. The number of carbonyl (C=O) groups is 1. The lowest BCUT2D eigenvalue weighted by Gasteiger charge is -2.19. The molecule has 0 aliphatic carbocycles. The van der Waals surface area contributed by atoms with Crippen LogP contribution in [0.3, 0.4) is 0 Å². The average molecular weight is 368 g/mol. The van der Waals surface area contributed by atoms with Crippen LogP contribution in [0.5, 0.6) is 0 Å². The van der Waals surface area contributed by atoms with E-state index in [9.17, 15) is 14.9 Å². The van der Waals surface area contributed by atoms with Gasteiger partial charge in [0, 0.05) is 16.5 Å². The van der Waals surface area contributed by atoms with E-state index in [1.165, 1.54) is 12.1 Å². The van der Waals surface area contributed by atoms with Gasteiger partial charge >= 0.3 is 5.00 Å². The summed E-state index contributed by atoms with van der Waals surface area (Å²) >= 11 is 3.11. The maximum absolute atomic E-state index is 11.8. The van der Waals surface area contributed by atoms with Crippen molar-refractivity contribution in [2.45, 2.75) is 19.9 Å². The lowest BCUT2D eigenvalue weighted by Crippen LogP contribution is -2.39. The quantitative estimate of drug-likeness (QED) is 0.376. The second-order valence-corrected chi connectivity index (χ2v) is 5.82. The number of hydrogen-bond acceptors (Lipinski definition) is 4. The minimum atomic E-state index is -0.486. The molecule has 0 saturated carbocycles. The second kappa shape index (κ2) is 6.29. The van der Waals surface area contributed by atoms with Crippen LogP contribution in [0.25, 0.3) is 0 Å². The molecule has 1 aromatic heterocycles. The topological polar surface area (TPSA) is 72.2 Å². The maximum Gasteiger partial charge on any atom is 0.324 e. The number of hydrogen-bond donors (Lipinski definition) is 1. The fourth-order valence-corrected chi connectivity index (χ4v) is 3.13. The number of rotatable bonds is 5. The van der Waals surface area contributed by atoms with Gasteiger partial charge in [0.05, 0.1) is 9.80 Å². The van der Waals surface area contributed by atoms with Crippen molar-refractivity contribution in [2.75, 3.05) is 4.43 Å².